The highest BCUT2D eigenvalue weighted by molar-refractivity contribution is 5.89. The lowest BCUT2D eigenvalue weighted by Crippen LogP contribution is -2.29. The number of pyridine rings is 1. The molecule has 0 aliphatic heterocycles. The van der Waals surface area contributed by atoms with E-state index in [0.29, 0.717) is 18.9 Å². The van der Waals surface area contributed by atoms with E-state index in [-0.39, 0.29) is 12.6 Å². The fraction of sp³-hybridized carbons (Fsp3) is 0.286. The Balaban J connectivity index is 1.70. The first-order chi connectivity index (χ1) is 13.7. The number of hydrogen-bond acceptors (Lipinski definition) is 4. The van der Waals surface area contributed by atoms with E-state index < -0.39 is 0 Å². The number of aryl methyl sites for hydroxylation is 1. The Hall–Kier alpha value is -3.19. The third kappa shape index (κ3) is 5.17. The molecule has 0 spiro atoms. The minimum atomic E-state index is -0.352. The van der Waals surface area contributed by atoms with E-state index in [2.05, 4.69) is 39.8 Å². The Morgan fingerprint density at radius 3 is 2.68 bits per heavy atom. The van der Waals surface area contributed by atoms with Crippen molar-refractivity contribution in [1.82, 2.24) is 20.1 Å². The summed E-state index contributed by atoms with van der Waals surface area (Å²) in [6.07, 6.45) is 3.83. The van der Waals surface area contributed by atoms with Crippen molar-refractivity contribution in [2.45, 2.75) is 32.9 Å². The maximum Gasteiger partial charge on any atom is 0.320 e. The molecule has 3 N–H and O–H groups in total. The van der Waals surface area contributed by atoms with Gasteiger partial charge in [-0.25, -0.2) is 9.48 Å². The number of aliphatic hydroxyl groups is 1. The second kappa shape index (κ2) is 9.66. The van der Waals surface area contributed by atoms with E-state index in [1.54, 1.807) is 10.9 Å². The van der Waals surface area contributed by atoms with Crippen LogP contribution in [0.25, 0.3) is 11.3 Å². The molecule has 0 aliphatic carbocycles. The van der Waals surface area contributed by atoms with E-state index >= 15 is 0 Å². The van der Waals surface area contributed by atoms with Crippen molar-refractivity contribution >= 4 is 11.8 Å². The van der Waals surface area contributed by atoms with Gasteiger partial charge in [-0.15, -0.1) is 0 Å². The molecule has 2 amide bonds. The SMILES string of the molecule is CCCc1ccc(-c2cc(NC(=O)NCc3ccccn3)n(CCO)n2)cc1. The molecule has 7 nitrogen and oxygen atoms in total. The van der Waals surface area contributed by atoms with Gasteiger partial charge in [0.1, 0.15) is 5.82 Å². The number of carbonyl (C=O) groups excluding carboxylic acids is 1. The summed E-state index contributed by atoms with van der Waals surface area (Å²) in [7, 11) is 0. The molecule has 0 saturated carbocycles. The van der Waals surface area contributed by atoms with Crippen molar-refractivity contribution in [3.8, 4) is 11.3 Å². The maximum absolute atomic E-state index is 12.3. The third-order valence-electron chi connectivity index (χ3n) is 4.28. The van der Waals surface area contributed by atoms with Gasteiger partial charge in [0, 0.05) is 17.8 Å². The number of anilines is 1. The zero-order chi connectivity index (χ0) is 19.8. The molecule has 1 aromatic carbocycles. The van der Waals surface area contributed by atoms with Gasteiger partial charge in [0.2, 0.25) is 0 Å². The van der Waals surface area contributed by atoms with E-state index in [1.165, 1.54) is 5.56 Å². The fourth-order valence-electron chi connectivity index (χ4n) is 2.89. The van der Waals surface area contributed by atoms with Gasteiger partial charge in [-0.2, -0.15) is 5.10 Å². The first kappa shape index (κ1) is 19.6. The Labute approximate surface area is 164 Å². The molecule has 0 fully saturated rings. The number of nitrogens with one attached hydrogen (secondary N) is 2. The summed E-state index contributed by atoms with van der Waals surface area (Å²) in [6, 6.07) is 15.2. The lowest BCUT2D eigenvalue weighted by molar-refractivity contribution is 0.250. The van der Waals surface area contributed by atoms with Gasteiger partial charge in [0.05, 0.1) is 31.1 Å². The van der Waals surface area contributed by atoms with Crippen LogP contribution in [0.4, 0.5) is 10.6 Å². The number of rotatable bonds is 8. The minimum Gasteiger partial charge on any atom is -0.394 e. The molecule has 2 heterocycles. The summed E-state index contributed by atoms with van der Waals surface area (Å²) in [5.41, 5.74) is 3.77. The molecule has 2 aromatic heterocycles. The van der Waals surface area contributed by atoms with Crippen LogP contribution in [-0.4, -0.2) is 32.5 Å². The van der Waals surface area contributed by atoms with E-state index in [9.17, 15) is 9.90 Å². The zero-order valence-electron chi connectivity index (χ0n) is 15.9. The molecule has 0 atom stereocenters. The van der Waals surface area contributed by atoms with Crippen LogP contribution in [0.5, 0.6) is 0 Å². The molecule has 0 aliphatic rings. The molecule has 7 heteroatoms. The summed E-state index contributed by atoms with van der Waals surface area (Å²) in [5.74, 6) is 0.528. The molecule has 0 saturated heterocycles. The summed E-state index contributed by atoms with van der Waals surface area (Å²) in [4.78, 5) is 16.4. The number of carbonyl (C=O) groups is 1. The molecular formula is C21H25N5O2. The highest BCUT2D eigenvalue weighted by atomic mass is 16.3. The zero-order valence-corrected chi connectivity index (χ0v) is 15.9. The number of urea groups is 1. The van der Waals surface area contributed by atoms with Crippen LogP contribution in [-0.2, 0) is 19.5 Å². The van der Waals surface area contributed by atoms with Gasteiger partial charge in [-0.05, 0) is 24.1 Å². The van der Waals surface area contributed by atoms with Crippen LogP contribution in [0.15, 0.2) is 54.7 Å². The van der Waals surface area contributed by atoms with E-state index in [0.717, 1.165) is 29.8 Å². The van der Waals surface area contributed by atoms with Gasteiger partial charge in [0.15, 0.2) is 0 Å². The normalized spacial score (nSPS) is 10.6. The van der Waals surface area contributed by atoms with Gasteiger partial charge in [-0.1, -0.05) is 43.7 Å². The largest absolute Gasteiger partial charge is 0.394 e. The predicted octanol–water partition coefficient (Wildman–Crippen LogP) is 3.21. The Morgan fingerprint density at radius 1 is 1.18 bits per heavy atom. The summed E-state index contributed by atoms with van der Waals surface area (Å²) >= 11 is 0. The molecular weight excluding hydrogens is 354 g/mol. The maximum atomic E-state index is 12.3. The summed E-state index contributed by atoms with van der Waals surface area (Å²) < 4.78 is 1.59. The summed E-state index contributed by atoms with van der Waals surface area (Å²) in [6.45, 7) is 2.71. The Kier molecular flexibility index (Phi) is 6.75. The van der Waals surface area contributed by atoms with Gasteiger partial charge < -0.3 is 10.4 Å². The van der Waals surface area contributed by atoms with Gasteiger partial charge in [-0.3, -0.25) is 10.3 Å². The average molecular weight is 379 g/mol. The van der Waals surface area contributed by atoms with Crippen LogP contribution in [0.2, 0.25) is 0 Å². The van der Waals surface area contributed by atoms with Crippen molar-refractivity contribution in [2.24, 2.45) is 0 Å². The molecule has 3 rings (SSSR count). The van der Waals surface area contributed by atoms with Crippen LogP contribution >= 0.6 is 0 Å². The predicted molar refractivity (Wildman–Crippen MR) is 109 cm³/mol. The first-order valence-electron chi connectivity index (χ1n) is 9.42. The third-order valence-corrected chi connectivity index (χ3v) is 4.28. The molecule has 0 bridgehead atoms. The molecule has 0 radical (unpaired) electrons. The molecule has 28 heavy (non-hydrogen) atoms. The minimum absolute atomic E-state index is 0.0687. The average Bonchev–Trinajstić information content (AvgIpc) is 3.11. The standard InChI is InChI=1S/C21H25N5O2/c1-2-5-16-7-9-17(10-8-16)19-14-20(26(25-19)12-13-27)24-21(28)23-15-18-6-3-4-11-22-18/h3-4,6-11,14,27H,2,5,12-13,15H2,1H3,(H2,23,24,28). The second-order valence-corrected chi connectivity index (χ2v) is 6.44. The van der Waals surface area contributed by atoms with Gasteiger partial charge >= 0.3 is 6.03 Å². The van der Waals surface area contributed by atoms with E-state index in [1.807, 2.05) is 36.4 Å². The lowest BCUT2D eigenvalue weighted by atomic mass is 10.1. The Morgan fingerprint density at radius 2 is 2.00 bits per heavy atom. The van der Waals surface area contributed by atoms with Crippen molar-refractivity contribution < 1.29 is 9.90 Å². The monoisotopic (exact) mass is 379 g/mol. The van der Waals surface area contributed by atoms with Crippen molar-refractivity contribution in [3.05, 3.63) is 66.0 Å². The smallest absolute Gasteiger partial charge is 0.320 e. The number of benzene rings is 1. The molecule has 3 aromatic rings. The van der Waals surface area contributed by atoms with Crippen molar-refractivity contribution in [3.63, 3.8) is 0 Å². The number of amides is 2. The Bertz CT molecular complexity index is 891. The number of aliphatic hydroxyl groups excluding tert-OH is 1. The highest BCUT2D eigenvalue weighted by Gasteiger charge is 2.12. The van der Waals surface area contributed by atoms with Crippen molar-refractivity contribution in [2.75, 3.05) is 11.9 Å². The molecule has 146 valence electrons. The van der Waals surface area contributed by atoms with Crippen LogP contribution in [0.3, 0.4) is 0 Å². The van der Waals surface area contributed by atoms with Gasteiger partial charge in [0.25, 0.3) is 0 Å². The topological polar surface area (TPSA) is 92.1 Å². The lowest BCUT2D eigenvalue weighted by Gasteiger charge is -2.08. The summed E-state index contributed by atoms with van der Waals surface area (Å²) in [5, 5.41) is 19.4. The molecule has 0 unspecified atom stereocenters. The highest BCUT2D eigenvalue weighted by Crippen LogP contribution is 2.23. The van der Waals surface area contributed by atoms with Crippen LogP contribution in [0, 0.1) is 0 Å². The second-order valence-electron chi connectivity index (χ2n) is 6.44. The van der Waals surface area contributed by atoms with Crippen LogP contribution < -0.4 is 10.6 Å². The number of aromatic nitrogens is 3. The quantitative estimate of drug-likeness (QED) is 0.560. The number of nitrogens with zero attached hydrogens (tertiary/aromatic N) is 3. The number of hydrogen-bond donors (Lipinski definition) is 3. The van der Waals surface area contributed by atoms with E-state index in [4.69, 9.17) is 0 Å². The first-order valence-corrected chi connectivity index (χ1v) is 9.42. The van der Waals surface area contributed by atoms with Crippen molar-refractivity contribution in [1.29, 1.82) is 0 Å². The fourth-order valence-corrected chi connectivity index (χ4v) is 2.89. The van der Waals surface area contributed by atoms with Crippen LogP contribution in [0.1, 0.15) is 24.6 Å².